The van der Waals surface area contributed by atoms with Gasteiger partial charge in [0, 0.05) is 10.9 Å². The summed E-state index contributed by atoms with van der Waals surface area (Å²) in [5.41, 5.74) is 1.62. The predicted octanol–water partition coefficient (Wildman–Crippen LogP) is 4.55. The zero-order valence-corrected chi connectivity index (χ0v) is 11.8. The molecule has 1 aliphatic rings. The van der Waals surface area contributed by atoms with Crippen LogP contribution in [-0.2, 0) is 0 Å². The fourth-order valence-electron chi connectivity index (χ4n) is 2.93. The van der Waals surface area contributed by atoms with Gasteiger partial charge >= 0.3 is 0 Å². The number of nitrogens with one attached hydrogen (secondary N) is 1. The van der Waals surface area contributed by atoms with Crippen LogP contribution in [0.1, 0.15) is 49.1 Å². The first-order valence-electron chi connectivity index (χ1n) is 6.00. The molecule has 0 bridgehead atoms. The molecule has 1 N–H and O–H groups in total. The molecule has 1 nitrogen and oxygen atoms in total. The number of hydrogen-bond donors (Lipinski definition) is 1. The minimum atomic E-state index is 0.412. The van der Waals surface area contributed by atoms with Crippen LogP contribution < -0.4 is 5.32 Å². The Morgan fingerprint density at radius 3 is 2.50 bits per heavy atom. The fourth-order valence-corrected chi connectivity index (χ4v) is 4.44. The monoisotopic (exact) mass is 257 g/mol. The summed E-state index contributed by atoms with van der Waals surface area (Å²) in [6.45, 7) is 4.50. The quantitative estimate of drug-likeness (QED) is 0.838. The lowest BCUT2D eigenvalue weighted by molar-refractivity contribution is 0.237. The van der Waals surface area contributed by atoms with E-state index in [2.05, 4.69) is 32.3 Å². The van der Waals surface area contributed by atoms with Gasteiger partial charge in [0.05, 0.1) is 4.34 Å². The van der Waals surface area contributed by atoms with Gasteiger partial charge in [0.1, 0.15) is 0 Å². The van der Waals surface area contributed by atoms with Gasteiger partial charge in [0.15, 0.2) is 0 Å². The normalized spacial score (nSPS) is 21.2. The van der Waals surface area contributed by atoms with E-state index in [1.807, 2.05) is 0 Å². The maximum Gasteiger partial charge on any atom is 0.0960 e. The van der Waals surface area contributed by atoms with E-state index >= 15 is 0 Å². The molecule has 1 fully saturated rings. The van der Waals surface area contributed by atoms with E-state index in [4.69, 9.17) is 11.6 Å². The van der Waals surface area contributed by atoms with Crippen molar-refractivity contribution in [1.29, 1.82) is 0 Å². The highest BCUT2D eigenvalue weighted by Gasteiger charge is 2.37. The molecule has 1 heterocycles. The molecule has 0 aliphatic heterocycles. The van der Waals surface area contributed by atoms with Crippen LogP contribution in [0.2, 0.25) is 4.34 Å². The van der Waals surface area contributed by atoms with Crippen LogP contribution in [-0.4, -0.2) is 7.05 Å². The van der Waals surface area contributed by atoms with Crippen molar-refractivity contribution in [2.45, 2.75) is 45.6 Å². The molecule has 16 heavy (non-hydrogen) atoms. The summed E-state index contributed by atoms with van der Waals surface area (Å²) in [7, 11) is 2.07. The lowest BCUT2D eigenvalue weighted by Gasteiger charge is -2.33. The molecule has 0 aromatic carbocycles. The summed E-state index contributed by atoms with van der Waals surface area (Å²) in [5.74, 6) is 0. The Bertz CT molecular complexity index is 347. The van der Waals surface area contributed by atoms with Crippen LogP contribution in [0.25, 0.3) is 0 Å². The van der Waals surface area contributed by atoms with E-state index in [9.17, 15) is 0 Å². The first-order chi connectivity index (χ1) is 7.57. The van der Waals surface area contributed by atoms with Crippen LogP contribution >= 0.6 is 22.9 Å². The molecular formula is C13H20ClNS. The smallest absolute Gasteiger partial charge is 0.0960 e. The van der Waals surface area contributed by atoms with Crippen LogP contribution in [0.5, 0.6) is 0 Å². The van der Waals surface area contributed by atoms with Crippen LogP contribution in [0.3, 0.4) is 0 Å². The number of hydrogen-bond acceptors (Lipinski definition) is 2. The Kier molecular flexibility index (Phi) is 3.62. The number of halogens is 1. The van der Waals surface area contributed by atoms with Gasteiger partial charge in [0.25, 0.3) is 0 Å². The largest absolute Gasteiger partial charge is 0.312 e. The van der Waals surface area contributed by atoms with Crippen molar-refractivity contribution in [3.63, 3.8) is 0 Å². The number of rotatable bonds is 3. The molecule has 1 aliphatic carbocycles. The van der Waals surface area contributed by atoms with Gasteiger partial charge < -0.3 is 5.32 Å². The molecule has 2 rings (SSSR count). The third-order valence-electron chi connectivity index (χ3n) is 3.89. The summed E-state index contributed by atoms with van der Waals surface area (Å²) in [5, 5.41) is 3.49. The molecule has 0 spiro atoms. The maximum absolute atomic E-state index is 6.17. The Morgan fingerprint density at radius 1 is 1.44 bits per heavy atom. The Hall–Kier alpha value is -0.0500. The standard InChI is InChI=1S/C13H20ClNS/c1-9-8-10(16-12(9)14)11(15-3)13(2)6-4-5-7-13/h8,11,15H,4-7H2,1-3H3. The topological polar surface area (TPSA) is 12.0 Å². The van der Waals surface area contributed by atoms with Gasteiger partial charge in [-0.2, -0.15) is 0 Å². The zero-order chi connectivity index (χ0) is 11.8. The summed E-state index contributed by atoms with van der Waals surface area (Å²) in [4.78, 5) is 1.40. The third-order valence-corrected chi connectivity index (χ3v) is 5.51. The minimum Gasteiger partial charge on any atom is -0.312 e. The van der Waals surface area contributed by atoms with Gasteiger partial charge in [-0.05, 0) is 43.9 Å². The summed E-state index contributed by atoms with van der Waals surface area (Å²) in [6.07, 6.45) is 5.39. The highest BCUT2D eigenvalue weighted by atomic mass is 35.5. The third kappa shape index (κ3) is 2.15. The molecular weight excluding hydrogens is 238 g/mol. The van der Waals surface area contributed by atoms with E-state index in [1.165, 1.54) is 36.1 Å². The van der Waals surface area contributed by atoms with Crippen molar-refractivity contribution in [1.82, 2.24) is 5.32 Å². The Labute approximate surface area is 107 Å². The predicted molar refractivity (Wildman–Crippen MR) is 72.4 cm³/mol. The molecule has 1 aromatic heterocycles. The molecule has 1 atom stereocenters. The van der Waals surface area contributed by atoms with Crippen molar-refractivity contribution < 1.29 is 0 Å². The molecule has 1 aromatic rings. The first kappa shape index (κ1) is 12.4. The Balaban J connectivity index is 2.28. The van der Waals surface area contributed by atoms with Gasteiger partial charge in [-0.25, -0.2) is 0 Å². The van der Waals surface area contributed by atoms with Gasteiger partial charge in [-0.15, -0.1) is 11.3 Å². The minimum absolute atomic E-state index is 0.412. The van der Waals surface area contributed by atoms with Gasteiger partial charge in [-0.1, -0.05) is 31.4 Å². The highest BCUT2D eigenvalue weighted by molar-refractivity contribution is 7.16. The second kappa shape index (κ2) is 4.67. The molecule has 0 saturated heterocycles. The number of thiophene rings is 1. The van der Waals surface area contributed by atoms with E-state index in [0.717, 1.165) is 4.34 Å². The average Bonchev–Trinajstić information content (AvgIpc) is 2.77. The van der Waals surface area contributed by atoms with Gasteiger partial charge in [0.2, 0.25) is 0 Å². The van der Waals surface area contributed by atoms with E-state index in [1.54, 1.807) is 11.3 Å². The Morgan fingerprint density at radius 2 is 2.06 bits per heavy atom. The van der Waals surface area contributed by atoms with Crippen LogP contribution in [0.15, 0.2) is 6.07 Å². The van der Waals surface area contributed by atoms with Crippen molar-refractivity contribution in [3.8, 4) is 0 Å². The molecule has 90 valence electrons. The highest BCUT2D eigenvalue weighted by Crippen LogP contribution is 2.49. The summed E-state index contributed by atoms with van der Waals surface area (Å²) >= 11 is 7.91. The van der Waals surface area contributed by atoms with Crippen LogP contribution in [0, 0.1) is 12.3 Å². The first-order valence-corrected chi connectivity index (χ1v) is 7.19. The second-order valence-electron chi connectivity index (χ2n) is 5.19. The lowest BCUT2D eigenvalue weighted by Crippen LogP contribution is -2.31. The molecule has 3 heteroatoms. The second-order valence-corrected chi connectivity index (χ2v) is 6.87. The fraction of sp³-hybridized carbons (Fsp3) is 0.692. The van der Waals surface area contributed by atoms with Crippen molar-refractivity contribution in [2.75, 3.05) is 7.05 Å². The molecule has 0 radical (unpaired) electrons. The summed E-state index contributed by atoms with van der Waals surface area (Å²) < 4.78 is 0.942. The van der Waals surface area contributed by atoms with E-state index in [-0.39, 0.29) is 0 Å². The van der Waals surface area contributed by atoms with Crippen molar-refractivity contribution >= 4 is 22.9 Å². The number of aryl methyl sites for hydroxylation is 1. The van der Waals surface area contributed by atoms with Gasteiger partial charge in [-0.3, -0.25) is 0 Å². The SMILES string of the molecule is CNC(c1cc(C)c(Cl)s1)C1(C)CCCC1. The molecule has 0 amide bonds. The average molecular weight is 258 g/mol. The maximum atomic E-state index is 6.17. The van der Waals surface area contributed by atoms with Crippen molar-refractivity contribution in [2.24, 2.45) is 5.41 Å². The zero-order valence-electron chi connectivity index (χ0n) is 10.3. The molecule has 1 unspecified atom stereocenters. The lowest BCUT2D eigenvalue weighted by atomic mass is 9.80. The molecule has 1 saturated carbocycles. The van der Waals surface area contributed by atoms with E-state index in [0.29, 0.717) is 11.5 Å². The van der Waals surface area contributed by atoms with Crippen LogP contribution in [0.4, 0.5) is 0 Å². The van der Waals surface area contributed by atoms with Crippen molar-refractivity contribution in [3.05, 3.63) is 20.8 Å². The van der Waals surface area contributed by atoms with E-state index < -0.39 is 0 Å². The summed E-state index contributed by atoms with van der Waals surface area (Å²) in [6, 6.07) is 2.71.